The van der Waals surface area contributed by atoms with E-state index in [9.17, 15) is 0 Å². The molecular weight excluding hydrogens is 316 g/mol. The highest BCUT2D eigenvalue weighted by Crippen LogP contribution is 2.35. The van der Waals surface area contributed by atoms with Crippen LogP contribution in [0.3, 0.4) is 0 Å². The lowest BCUT2D eigenvalue weighted by Crippen LogP contribution is -2.36. The molecule has 0 aliphatic carbocycles. The fourth-order valence-electron chi connectivity index (χ4n) is 3.60. The third-order valence-corrected chi connectivity index (χ3v) is 5.27. The van der Waals surface area contributed by atoms with Gasteiger partial charge in [-0.15, -0.1) is 0 Å². The van der Waals surface area contributed by atoms with Crippen LogP contribution in [-0.2, 0) is 6.42 Å². The number of benzene rings is 2. The van der Waals surface area contributed by atoms with Gasteiger partial charge in [0.05, 0.1) is 5.69 Å². The molecule has 0 amide bonds. The van der Waals surface area contributed by atoms with E-state index in [4.69, 9.17) is 0 Å². The third-order valence-electron chi connectivity index (χ3n) is 5.27. The highest BCUT2D eigenvalue weighted by molar-refractivity contribution is 5.72. The van der Waals surface area contributed by atoms with Crippen molar-refractivity contribution in [3.05, 3.63) is 65.9 Å². The lowest BCUT2D eigenvalue weighted by atomic mass is 9.95. The van der Waals surface area contributed by atoms with Crippen LogP contribution in [0.2, 0.25) is 0 Å². The van der Waals surface area contributed by atoms with Gasteiger partial charge in [-0.1, -0.05) is 64.1 Å². The van der Waals surface area contributed by atoms with Crippen LogP contribution in [0, 0.1) is 5.92 Å². The Labute approximate surface area is 159 Å². The van der Waals surface area contributed by atoms with Crippen LogP contribution < -0.4 is 5.01 Å². The molecule has 0 bridgehead atoms. The average molecular weight is 349 g/mol. The zero-order chi connectivity index (χ0) is 18.8. The van der Waals surface area contributed by atoms with Gasteiger partial charge in [0.2, 0.25) is 0 Å². The summed E-state index contributed by atoms with van der Waals surface area (Å²) in [6, 6.07) is 16.4. The summed E-state index contributed by atoms with van der Waals surface area (Å²) in [6.45, 7) is 11.3. The van der Waals surface area contributed by atoms with E-state index in [1.54, 1.807) is 0 Å². The Kier molecular flexibility index (Phi) is 5.52. The van der Waals surface area contributed by atoms with E-state index in [0.717, 1.165) is 6.42 Å². The van der Waals surface area contributed by atoms with E-state index < -0.39 is 0 Å². The number of hydrogen-bond donors (Lipinski definition) is 0. The first-order chi connectivity index (χ1) is 12.4. The minimum Gasteiger partial charge on any atom is -0.281 e. The minimum atomic E-state index is 0.425. The van der Waals surface area contributed by atoms with Crippen molar-refractivity contribution in [1.29, 1.82) is 0 Å². The summed E-state index contributed by atoms with van der Waals surface area (Å²) in [6.07, 6.45) is 5.58. The highest BCUT2D eigenvalue weighted by Gasteiger charge is 2.23. The Hall–Kier alpha value is -2.06. The second-order valence-electron chi connectivity index (χ2n) is 8.22. The maximum absolute atomic E-state index is 2.34. The van der Waals surface area contributed by atoms with Crippen LogP contribution in [0.15, 0.2) is 54.7 Å². The Balaban J connectivity index is 1.96. The molecule has 138 valence electrons. The van der Waals surface area contributed by atoms with E-state index in [-0.39, 0.29) is 0 Å². The standard InChI is InChI=1S/C24H32N2/c1-17(2)15-20-7-9-21(10-8-20)22-11-12-23(18(3)4)24(16-22)26-14-13-19(5)25(26)6/h7-14,16-19H,15H2,1-6H3. The molecule has 1 atom stereocenters. The summed E-state index contributed by atoms with van der Waals surface area (Å²) in [5.74, 6) is 1.18. The van der Waals surface area contributed by atoms with Crippen molar-refractivity contribution in [3.63, 3.8) is 0 Å². The number of hydrogen-bond acceptors (Lipinski definition) is 2. The smallest absolute Gasteiger partial charge is 0.0614 e. The molecule has 2 heteroatoms. The van der Waals surface area contributed by atoms with Crippen molar-refractivity contribution >= 4 is 5.69 Å². The second-order valence-corrected chi connectivity index (χ2v) is 8.22. The van der Waals surface area contributed by atoms with Crippen LogP contribution in [0.25, 0.3) is 11.1 Å². The van der Waals surface area contributed by atoms with Gasteiger partial charge in [0.25, 0.3) is 0 Å². The molecule has 0 N–H and O–H groups in total. The molecule has 0 spiro atoms. The Bertz CT molecular complexity index is 771. The van der Waals surface area contributed by atoms with Crippen molar-refractivity contribution in [2.24, 2.45) is 5.92 Å². The number of nitrogens with zero attached hydrogens (tertiary/aromatic N) is 2. The quantitative estimate of drug-likeness (QED) is 0.630. The number of rotatable bonds is 5. The SMILES string of the molecule is CC(C)Cc1ccc(-c2ccc(C(C)C)c(N3C=CC(C)N3C)c2)cc1. The van der Waals surface area contributed by atoms with Gasteiger partial charge in [0.1, 0.15) is 0 Å². The first-order valence-corrected chi connectivity index (χ1v) is 9.80. The van der Waals surface area contributed by atoms with Crippen LogP contribution in [-0.4, -0.2) is 18.1 Å². The fourth-order valence-corrected chi connectivity index (χ4v) is 3.60. The fraction of sp³-hybridized carbons (Fsp3) is 0.417. The van der Waals surface area contributed by atoms with Crippen molar-refractivity contribution in [2.75, 3.05) is 12.1 Å². The molecule has 1 unspecified atom stereocenters. The molecule has 1 heterocycles. The Morgan fingerprint density at radius 1 is 0.923 bits per heavy atom. The molecule has 0 radical (unpaired) electrons. The van der Waals surface area contributed by atoms with Crippen LogP contribution in [0.5, 0.6) is 0 Å². The first kappa shape index (κ1) is 18.7. The third kappa shape index (κ3) is 3.86. The highest BCUT2D eigenvalue weighted by atomic mass is 15.6. The second kappa shape index (κ2) is 7.67. The van der Waals surface area contributed by atoms with Gasteiger partial charge < -0.3 is 0 Å². The molecule has 2 aromatic rings. The van der Waals surface area contributed by atoms with Gasteiger partial charge in [-0.3, -0.25) is 5.01 Å². The summed E-state index contributed by atoms with van der Waals surface area (Å²) in [7, 11) is 2.15. The molecule has 1 aliphatic rings. The zero-order valence-corrected chi connectivity index (χ0v) is 17.0. The predicted molar refractivity (Wildman–Crippen MR) is 113 cm³/mol. The summed E-state index contributed by atoms with van der Waals surface area (Å²) in [5, 5.41) is 4.58. The molecule has 1 aliphatic heterocycles. The van der Waals surface area contributed by atoms with Crippen molar-refractivity contribution in [1.82, 2.24) is 5.01 Å². The van der Waals surface area contributed by atoms with Crippen molar-refractivity contribution < 1.29 is 0 Å². The molecule has 0 saturated carbocycles. The maximum atomic E-state index is 2.34. The van der Waals surface area contributed by atoms with E-state index in [1.807, 2.05) is 0 Å². The van der Waals surface area contributed by atoms with Gasteiger partial charge >= 0.3 is 0 Å². The lowest BCUT2D eigenvalue weighted by Gasteiger charge is -2.31. The largest absolute Gasteiger partial charge is 0.281 e. The molecule has 0 fully saturated rings. The summed E-state index contributed by atoms with van der Waals surface area (Å²) in [5.41, 5.74) is 6.65. The molecule has 0 saturated heterocycles. The van der Waals surface area contributed by atoms with E-state index in [2.05, 4.69) is 106 Å². The topological polar surface area (TPSA) is 6.48 Å². The van der Waals surface area contributed by atoms with Gasteiger partial charge in [-0.25, -0.2) is 5.01 Å². The first-order valence-electron chi connectivity index (χ1n) is 9.80. The van der Waals surface area contributed by atoms with Gasteiger partial charge in [0, 0.05) is 19.3 Å². The Morgan fingerprint density at radius 3 is 2.12 bits per heavy atom. The van der Waals surface area contributed by atoms with Gasteiger partial charge in [0.15, 0.2) is 0 Å². The van der Waals surface area contributed by atoms with E-state index >= 15 is 0 Å². The average Bonchev–Trinajstić information content (AvgIpc) is 2.93. The summed E-state index contributed by atoms with van der Waals surface area (Å²) in [4.78, 5) is 0. The number of anilines is 1. The molecular formula is C24H32N2. The summed E-state index contributed by atoms with van der Waals surface area (Å²) >= 11 is 0. The number of likely N-dealkylation sites (N-methyl/N-ethyl adjacent to an activating group) is 1. The normalized spacial score (nSPS) is 17.7. The molecule has 2 aromatic carbocycles. The summed E-state index contributed by atoms with van der Waals surface area (Å²) < 4.78 is 0. The van der Waals surface area contributed by atoms with Crippen molar-refractivity contribution in [3.8, 4) is 11.1 Å². The molecule has 2 nitrogen and oxygen atoms in total. The van der Waals surface area contributed by atoms with Crippen LogP contribution in [0.1, 0.15) is 51.7 Å². The molecule has 26 heavy (non-hydrogen) atoms. The molecule has 0 aromatic heterocycles. The van der Waals surface area contributed by atoms with Crippen LogP contribution >= 0.6 is 0 Å². The number of hydrazine groups is 1. The predicted octanol–water partition coefficient (Wildman–Crippen LogP) is 6.24. The van der Waals surface area contributed by atoms with Crippen molar-refractivity contribution in [2.45, 2.75) is 53.0 Å². The molecule has 3 rings (SSSR count). The van der Waals surface area contributed by atoms with Gasteiger partial charge in [-0.05, 0) is 59.6 Å². The zero-order valence-electron chi connectivity index (χ0n) is 17.0. The van der Waals surface area contributed by atoms with Crippen LogP contribution in [0.4, 0.5) is 5.69 Å². The Morgan fingerprint density at radius 2 is 1.58 bits per heavy atom. The monoisotopic (exact) mass is 348 g/mol. The van der Waals surface area contributed by atoms with E-state index in [1.165, 1.54) is 27.9 Å². The maximum Gasteiger partial charge on any atom is 0.0614 e. The van der Waals surface area contributed by atoms with Gasteiger partial charge in [-0.2, -0.15) is 0 Å². The lowest BCUT2D eigenvalue weighted by molar-refractivity contribution is 0.321. The van der Waals surface area contributed by atoms with E-state index in [0.29, 0.717) is 17.9 Å². The minimum absolute atomic E-state index is 0.425.